The molecular weight excluding hydrogens is 381 g/mol. The van der Waals surface area contributed by atoms with Gasteiger partial charge in [0.05, 0.1) is 0 Å². The lowest BCUT2D eigenvalue weighted by Crippen LogP contribution is -2.32. The predicted molar refractivity (Wildman–Crippen MR) is 103 cm³/mol. The van der Waals surface area contributed by atoms with Crippen LogP contribution in [0.25, 0.3) is 0 Å². The first-order valence-electron chi connectivity index (χ1n) is 8.76. The summed E-state index contributed by atoms with van der Waals surface area (Å²) in [5, 5.41) is 7.43. The molecule has 0 aliphatic rings. The second-order valence-electron chi connectivity index (χ2n) is 5.84. The Morgan fingerprint density at radius 1 is 0.931 bits per heavy atom. The van der Waals surface area contributed by atoms with Crippen molar-refractivity contribution >= 4 is 29.4 Å². The second kappa shape index (κ2) is 10.5. The number of amides is 3. The van der Waals surface area contributed by atoms with Crippen LogP contribution in [0.4, 0.5) is 10.1 Å². The van der Waals surface area contributed by atoms with E-state index in [2.05, 4.69) is 16.0 Å². The van der Waals surface area contributed by atoms with Crippen LogP contribution in [0.5, 0.6) is 0 Å². The fourth-order valence-electron chi connectivity index (χ4n) is 2.28. The van der Waals surface area contributed by atoms with Gasteiger partial charge >= 0.3 is 5.97 Å². The van der Waals surface area contributed by atoms with E-state index in [1.54, 1.807) is 25.1 Å². The first kappa shape index (κ1) is 21.5. The quantitative estimate of drug-likeness (QED) is 0.580. The Balaban J connectivity index is 1.77. The van der Waals surface area contributed by atoms with Gasteiger partial charge in [-0.05, 0) is 43.3 Å². The molecule has 2 aromatic carbocycles. The summed E-state index contributed by atoms with van der Waals surface area (Å²) in [5.74, 6) is -2.94. The van der Waals surface area contributed by atoms with Gasteiger partial charge in [-0.25, -0.2) is 4.39 Å². The van der Waals surface area contributed by atoms with Crippen molar-refractivity contribution in [3.05, 3.63) is 65.5 Å². The molecule has 8 nitrogen and oxygen atoms in total. The SMILES string of the molecule is CCNC(=O)c1cccc(NC(=O)COC(=O)CNC(=O)c2cccc(F)c2)c1. The third-order valence-electron chi connectivity index (χ3n) is 3.59. The van der Waals surface area contributed by atoms with Crippen molar-refractivity contribution in [2.24, 2.45) is 0 Å². The largest absolute Gasteiger partial charge is 0.454 e. The van der Waals surface area contributed by atoms with Gasteiger partial charge in [0.15, 0.2) is 6.61 Å². The van der Waals surface area contributed by atoms with Gasteiger partial charge in [-0.15, -0.1) is 0 Å². The van der Waals surface area contributed by atoms with Crippen molar-refractivity contribution in [2.75, 3.05) is 25.0 Å². The number of hydrogen-bond donors (Lipinski definition) is 3. The smallest absolute Gasteiger partial charge is 0.325 e. The Bertz CT molecular complexity index is 916. The van der Waals surface area contributed by atoms with Crippen molar-refractivity contribution in [1.82, 2.24) is 10.6 Å². The first-order valence-corrected chi connectivity index (χ1v) is 8.76. The molecule has 0 atom stereocenters. The molecule has 0 aliphatic carbocycles. The van der Waals surface area contributed by atoms with Crippen molar-refractivity contribution < 1.29 is 28.3 Å². The number of hydrogen-bond acceptors (Lipinski definition) is 5. The van der Waals surface area contributed by atoms with E-state index in [-0.39, 0.29) is 11.5 Å². The minimum Gasteiger partial charge on any atom is -0.454 e. The number of rotatable bonds is 8. The molecule has 152 valence electrons. The van der Waals surface area contributed by atoms with Gasteiger partial charge in [0.2, 0.25) is 0 Å². The highest BCUT2D eigenvalue weighted by molar-refractivity contribution is 5.98. The minimum absolute atomic E-state index is 0.0579. The molecule has 0 aliphatic heterocycles. The Hall–Kier alpha value is -3.75. The van der Waals surface area contributed by atoms with Gasteiger partial charge in [0.1, 0.15) is 12.4 Å². The number of benzene rings is 2. The molecule has 29 heavy (non-hydrogen) atoms. The summed E-state index contributed by atoms with van der Waals surface area (Å²) in [7, 11) is 0. The summed E-state index contributed by atoms with van der Waals surface area (Å²) in [4.78, 5) is 47.2. The Kier molecular flexibility index (Phi) is 7.84. The normalized spacial score (nSPS) is 10.0. The number of halogens is 1. The van der Waals surface area contributed by atoms with Crippen molar-refractivity contribution in [3.8, 4) is 0 Å². The van der Waals surface area contributed by atoms with E-state index in [0.717, 1.165) is 6.07 Å². The monoisotopic (exact) mass is 401 g/mol. The number of carbonyl (C=O) groups excluding carboxylic acids is 4. The highest BCUT2D eigenvalue weighted by atomic mass is 19.1. The lowest BCUT2D eigenvalue weighted by atomic mass is 10.2. The van der Waals surface area contributed by atoms with E-state index >= 15 is 0 Å². The maximum absolute atomic E-state index is 13.1. The van der Waals surface area contributed by atoms with E-state index in [0.29, 0.717) is 17.8 Å². The summed E-state index contributed by atoms with van der Waals surface area (Å²) in [5.41, 5.74) is 0.804. The number of ether oxygens (including phenoxy) is 1. The van der Waals surface area contributed by atoms with E-state index < -0.39 is 36.8 Å². The first-order chi connectivity index (χ1) is 13.9. The molecule has 0 fully saturated rings. The molecule has 3 N–H and O–H groups in total. The maximum atomic E-state index is 13.1. The molecule has 0 heterocycles. The zero-order valence-corrected chi connectivity index (χ0v) is 15.7. The van der Waals surface area contributed by atoms with Crippen LogP contribution in [0.15, 0.2) is 48.5 Å². The Morgan fingerprint density at radius 2 is 1.59 bits per heavy atom. The van der Waals surface area contributed by atoms with Crippen LogP contribution in [0.3, 0.4) is 0 Å². The van der Waals surface area contributed by atoms with Crippen molar-refractivity contribution in [1.29, 1.82) is 0 Å². The Labute approximate surface area is 166 Å². The van der Waals surface area contributed by atoms with Gasteiger partial charge in [0.25, 0.3) is 17.7 Å². The summed E-state index contributed by atoms with van der Waals surface area (Å²) >= 11 is 0. The zero-order chi connectivity index (χ0) is 21.2. The molecule has 2 aromatic rings. The van der Waals surface area contributed by atoms with Gasteiger partial charge in [-0.2, -0.15) is 0 Å². The molecule has 2 rings (SSSR count). The summed E-state index contributed by atoms with van der Waals surface area (Å²) in [6, 6.07) is 11.3. The number of anilines is 1. The van der Waals surface area contributed by atoms with Crippen LogP contribution in [0.2, 0.25) is 0 Å². The number of carbonyl (C=O) groups is 4. The topological polar surface area (TPSA) is 114 Å². The predicted octanol–water partition coefficient (Wildman–Crippen LogP) is 1.49. The molecule has 0 spiro atoms. The van der Waals surface area contributed by atoms with Crippen LogP contribution in [0.1, 0.15) is 27.6 Å². The van der Waals surface area contributed by atoms with Crippen LogP contribution in [0, 0.1) is 5.82 Å². The fourth-order valence-corrected chi connectivity index (χ4v) is 2.28. The third kappa shape index (κ3) is 7.06. The zero-order valence-electron chi connectivity index (χ0n) is 15.7. The van der Waals surface area contributed by atoms with E-state index in [9.17, 15) is 23.6 Å². The standard InChI is InChI=1S/C20H20FN3O5/c1-2-22-19(27)14-6-4-8-16(10-14)24-17(25)12-29-18(26)11-23-20(28)13-5-3-7-15(21)9-13/h3-10H,2,11-12H2,1H3,(H,22,27)(H,23,28)(H,24,25). The maximum Gasteiger partial charge on any atom is 0.325 e. The third-order valence-corrected chi connectivity index (χ3v) is 3.59. The van der Waals surface area contributed by atoms with Crippen LogP contribution in [-0.2, 0) is 14.3 Å². The van der Waals surface area contributed by atoms with Crippen molar-refractivity contribution in [3.63, 3.8) is 0 Å². The summed E-state index contributed by atoms with van der Waals surface area (Å²) in [6.07, 6.45) is 0. The molecule has 0 bridgehead atoms. The van der Waals surface area contributed by atoms with Crippen LogP contribution >= 0.6 is 0 Å². The molecule has 0 saturated carbocycles. The molecule has 0 aromatic heterocycles. The van der Waals surface area contributed by atoms with Gasteiger partial charge in [-0.3, -0.25) is 19.2 Å². The average Bonchev–Trinajstić information content (AvgIpc) is 2.71. The van der Waals surface area contributed by atoms with E-state index in [1.807, 2.05) is 0 Å². The Morgan fingerprint density at radius 3 is 2.28 bits per heavy atom. The van der Waals surface area contributed by atoms with Gasteiger partial charge in [0, 0.05) is 23.4 Å². The number of esters is 1. The van der Waals surface area contributed by atoms with Gasteiger partial charge < -0.3 is 20.7 Å². The van der Waals surface area contributed by atoms with Crippen molar-refractivity contribution in [2.45, 2.75) is 6.92 Å². The highest BCUT2D eigenvalue weighted by Gasteiger charge is 2.12. The van der Waals surface area contributed by atoms with Crippen LogP contribution < -0.4 is 16.0 Å². The highest BCUT2D eigenvalue weighted by Crippen LogP contribution is 2.10. The number of nitrogens with one attached hydrogen (secondary N) is 3. The average molecular weight is 401 g/mol. The molecule has 9 heteroatoms. The second-order valence-corrected chi connectivity index (χ2v) is 5.84. The van der Waals surface area contributed by atoms with E-state index in [1.165, 1.54) is 24.3 Å². The molecule has 0 unspecified atom stereocenters. The molecule has 3 amide bonds. The fraction of sp³-hybridized carbons (Fsp3) is 0.200. The summed E-state index contributed by atoms with van der Waals surface area (Å²) in [6.45, 7) is 1.22. The molecule has 0 radical (unpaired) electrons. The van der Waals surface area contributed by atoms with E-state index in [4.69, 9.17) is 4.74 Å². The summed E-state index contributed by atoms with van der Waals surface area (Å²) < 4.78 is 17.9. The van der Waals surface area contributed by atoms with Crippen LogP contribution in [-0.4, -0.2) is 43.4 Å². The lowest BCUT2D eigenvalue weighted by molar-refractivity contribution is -0.146. The minimum atomic E-state index is -0.832. The van der Waals surface area contributed by atoms with Gasteiger partial charge in [-0.1, -0.05) is 12.1 Å². The molecular formula is C20H20FN3O5. The molecule has 0 saturated heterocycles. The lowest BCUT2D eigenvalue weighted by Gasteiger charge is -2.09.